The van der Waals surface area contributed by atoms with Crippen molar-refractivity contribution in [3.8, 4) is 0 Å². The van der Waals surface area contributed by atoms with E-state index in [-0.39, 0.29) is 16.9 Å². The van der Waals surface area contributed by atoms with E-state index in [1.807, 2.05) is 24.5 Å². The standard InChI is InChI=1S/C25H32N2O2/c1-24(2)19-25(12-15-29-24,16-20-6-4-3-5-7-20)17-23(28)27(22-8-9-22)18-21-10-13-26-14-11-21/h3-7,10-11,13-14,22H,8-9,12,15-19H2,1-2H3. The smallest absolute Gasteiger partial charge is 0.223 e. The maximum Gasteiger partial charge on any atom is 0.223 e. The van der Waals surface area contributed by atoms with Gasteiger partial charge in [0.1, 0.15) is 0 Å². The summed E-state index contributed by atoms with van der Waals surface area (Å²) in [5.41, 5.74) is 2.23. The van der Waals surface area contributed by atoms with E-state index in [0.717, 1.165) is 44.3 Å². The molecule has 4 rings (SSSR count). The lowest BCUT2D eigenvalue weighted by Gasteiger charge is -2.45. The molecule has 0 spiro atoms. The van der Waals surface area contributed by atoms with Gasteiger partial charge in [0.15, 0.2) is 0 Å². The Labute approximate surface area is 174 Å². The van der Waals surface area contributed by atoms with Gasteiger partial charge in [-0.15, -0.1) is 0 Å². The number of carbonyl (C=O) groups is 1. The SMILES string of the molecule is CC1(C)CC(CC(=O)N(Cc2ccncc2)C2CC2)(Cc2ccccc2)CCO1. The van der Waals surface area contributed by atoms with Gasteiger partial charge in [0, 0.05) is 38.0 Å². The molecule has 2 aromatic rings. The molecule has 2 heterocycles. The number of hydrogen-bond donors (Lipinski definition) is 0. The minimum Gasteiger partial charge on any atom is -0.376 e. The molecular weight excluding hydrogens is 360 g/mol. The molecular formula is C25H32N2O2. The van der Waals surface area contributed by atoms with Crippen LogP contribution in [0.1, 0.15) is 57.1 Å². The van der Waals surface area contributed by atoms with Gasteiger partial charge in [-0.2, -0.15) is 0 Å². The molecule has 2 aliphatic rings. The van der Waals surface area contributed by atoms with Gasteiger partial charge in [-0.1, -0.05) is 30.3 Å². The highest BCUT2D eigenvalue weighted by Crippen LogP contribution is 2.45. The number of carbonyl (C=O) groups excluding carboxylic acids is 1. The zero-order chi connectivity index (χ0) is 20.3. The summed E-state index contributed by atoms with van der Waals surface area (Å²) in [5, 5.41) is 0. The average molecular weight is 393 g/mol. The Morgan fingerprint density at radius 3 is 2.48 bits per heavy atom. The van der Waals surface area contributed by atoms with Gasteiger partial charge in [-0.25, -0.2) is 0 Å². The number of ether oxygens (including phenoxy) is 1. The second kappa shape index (κ2) is 8.27. The number of aromatic nitrogens is 1. The van der Waals surface area contributed by atoms with Crippen molar-refractivity contribution >= 4 is 5.91 Å². The van der Waals surface area contributed by atoms with Gasteiger partial charge in [-0.05, 0) is 74.6 Å². The normalized spacial score (nSPS) is 23.5. The van der Waals surface area contributed by atoms with E-state index in [4.69, 9.17) is 4.74 Å². The van der Waals surface area contributed by atoms with Gasteiger partial charge in [0.25, 0.3) is 0 Å². The molecule has 1 unspecified atom stereocenters. The van der Waals surface area contributed by atoms with Crippen molar-refractivity contribution in [1.29, 1.82) is 0 Å². The van der Waals surface area contributed by atoms with Crippen LogP contribution in [0.5, 0.6) is 0 Å². The monoisotopic (exact) mass is 392 g/mol. The number of nitrogens with zero attached hydrogens (tertiary/aromatic N) is 2. The van der Waals surface area contributed by atoms with Crippen LogP contribution in [0, 0.1) is 5.41 Å². The Bertz CT molecular complexity index is 817. The molecule has 1 aliphatic carbocycles. The fourth-order valence-electron chi connectivity index (χ4n) is 4.89. The van der Waals surface area contributed by atoms with Crippen molar-refractivity contribution < 1.29 is 9.53 Å². The number of rotatable bonds is 7. The Morgan fingerprint density at radius 1 is 1.10 bits per heavy atom. The van der Waals surface area contributed by atoms with Crippen molar-refractivity contribution in [3.63, 3.8) is 0 Å². The molecule has 29 heavy (non-hydrogen) atoms. The van der Waals surface area contributed by atoms with Crippen LogP contribution in [0.3, 0.4) is 0 Å². The Morgan fingerprint density at radius 2 is 1.83 bits per heavy atom. The summed E-state index contributed by atoms with van der Waals surface area (Å²) < 4.78 is 6.02. The van der Waals surface area contributed by atoms with Gasteiger partial charge >= 0.3 is 0 Å². The second-order valence-electron chi connectivity index (χ2n) is 9.48. The lowest BCUT2D eigenvalue weighted by Crippen LogP contribution is -2.46. The molecule has 2 fully saturated rings. The summed E-state index contributed by atoms with van der Waals surface area (Å²) in [6.45, 7) is 5.73. The highest BCUT2D eigenvalue weighted by Gasteiger charge is 2.44. The third-order valence-electron chi connectivity index (χ3n) is 6.28. The maximum atomic E-state index is 13.6. The zero-order valence-corrected chi connectivity index (χ0v) is 17.6. The third kappa shape index (κ3) is 5.24. The largest absolute Gasteiger partial charge is 0.376 e. The maximum absolute atomic E-state index is 13.6. The second-order valence-corrected chi connectivity index (χ2v) is 9.48. The molecule has 1 saturated heterocycles. The van der Waals surface area contributed by atoms with E-state index in [1.54, 1.807) is 0 Å². The van der Waals surface area contributed by atoms with Crippen LogP contribution in [0.2, 0.25) is 0 Å². The lowest BCUT2D eigenvalue weighted by atomic mass is 9.68. The van der Waals surface area contributed by atoms with Crippen molar-refractivity contribution in [2.45, 2.75) is 70.6 Å². The predicted molar refractivity (Wildman–Crippen MR) is 114 cm³/mol. The van der Waals surface area contributed by atoms with Crippen LogP contribution < -0.4 is 0 Å². The highest BCUT2D eigenvalue weighted by atomic mass is 16.5. The highest BCUT2D eigenvalue weighted by molar-refractivity contribution is 5.77. The van der Waals surface area contributed by atoms with E-state index < -0.39 is 0 Å². The molecule has 1 aromatic carbocycles. The van der Waals surface area contributed by atoms with Crippen molar-refractivity contribution in [1.82, 2.24) is 9.88 Å². The number of benzene rings is 1. The number of pyridine rings is 1. The summed E-state index contributed by atoms with van der Waals surface area (Å²) in [6.07, 6.45) is 9.23. The van der Waals surface area contributed by atoms with Gasteiger partial charge in [0.2, 0.25) is 5.91 Å². The summed E-state index contributed by atoms with van der Waals surface area (Å²) in [6, 6.07) is 15.0. The predicted octanol–water partition coefficient (Wildman–Crippen LogP) is 4.78. The lowest BCUT2D eigenvalue weighted by molar-refractivity contribution is -0.143. The van der Waals surface area contributed by atoms with Crippen LogP contribution in [0.15, 0.2) is 54.9 Å². The van der Waals surface area contributed by atoms with Gasteiger partial charge in [-0.3, -0.25) is 9.78 Å². The van der Waals surface area contributed by atoms with E-state index in [2.05, 4.69) is 54.1 Å². The molecule has 0 radical (unpaired) electrons. The fraction of sp³-hybridized carbons (Fsp3) is 0.520. The molecule has 1 amide bonds. The van der Waals surface area contributed by atoms with Crippen LogP contribution in [-0.2, 0) is 22.5 Å². The molecule has 4 nitrogen and oxygen atoms in total. The van der Waals surface area contributed by atoms with E-state index in [9.17, 15) is 4.79 Å². The molecule has 154 valence electrons. The molecule has 1 aliphatic heterocycles. The Kier molecular flexibility index (Phi) is 5.73. The summed E-state index contributed by atoms with van der Waals surface area (Å²) in [5.74, 6) is 0.290. The first kappa shape index (κ1) is 20.1. The fourth-order valence-corrected chi connectivity index (χ4v) is 4.89. The third-order valence-corrected chi connectivity index (χ3v) is 6.28. The van der Waals surface area contributed by atoms with Crippen molar-refractivity contribution in [3.05, 3.63) is 66.0 Å². The number of amides is 1. The molecule has 1 atom stereocenters. The minimum atomic E-state index is -0.192. The number of hydrogen-bond acceptors (Lipinski definition) is 3. The topological polar surface area (TPSA) is 42.4 Å². The van der Waals surface area contributed by atoms with Crippen molar-refractivity contribution in [2.75, 3.05) is 6.61 Å². The van der Waals surface area contributed by atoms with Gasteiger partial charge < -0.3 is 9.64 Å². The van der Waals surface area contributed by atoms with E-state index >= 15 is 0 Å². The average Bonchev–Trinajstić information content (AvgIpc) is 3.51. The van der Waals surface area contributed by atoms with Crippen molar-refractivity contribution in [2.24, 2.45) is 5.41 Å². The molecule has 4 heteroatoms. The minimum absolute atomic E-state index is 0.0500. The summed E-state index contributed by atoms with van der Waals surface area (Å²) in [4.78, 5) is 19.8. The van der Waals surface area contributed by atoms with Crippen LogP contribution in [-0.4, -0.2) is 34.0 Å². The molecule has 1 saturated carbocycles. The Hall–Kier alpha value is -2.20. The van der Waals surface area contributed by atoms with E-state index in [1.165, 1.54) is 5.56 Å². The molecule has 0 bridgehead atoms. The summed E-state index contributed by atoms with van der Waals surface area (Å²) in [7, 11) is 0. The first-order valence-corrected chi connectivity index (χ1v) is 10.8. The zero-order valence-electron chi connectivity index (χ0n) is 17.6. The quantitative estimate of drug-likeness (QED) is 0.681. The first-order valence-electron chi connectivity index (χ1n) is 10.8. The van der Waals surface area contributed by atoms with Gasteiger partial charge in [0.05, 0.1) is 5.60 Å². The molecule has 0 N–H and O–H groups in total. The van der Waals surface area contributed by atoms with Crippen LogP contribution >= 0.6 is 0 Å². The van der Waals surface area contributed by atoms with Crippen LogP contribution in [0.25, 0.3) is 0 Å². The molecule has 1 aromatic heterocycles. The van der Waals surface area contributed by atoms with E-state index in [0.29, 0.717) is 19.0 Å². The summed E-state index contributed by atoms with van der Waals surface area (Å²) >= 11 is 0. The van der Waals surface area contributed by atoms with Crippen LogP contribution in [0.4, 0.5) is 0 Å². The first-order chi connectivity index (χ1) is 13.9. The Balaban J connectivity index is 1.55.